The van der Waals surface area contributed by atoms with E-state index in [1.54, 1.807) is 0 Å². The van der Waals surface area contributed by atoms with Gasteiger partial charge in [-0.15, -0.1) is 0 Å². The van der Waals surface area contributed by atoms with Gasteiger partial charge in [0, 0.05) is 22.7 Å². The molecular weight excluding hydrogens is 310 g/mol. The van der Waals surface area contributed by atoms with E-state index in [2.05, 4.69) is 4.98 Å². The molecule has 0 bridgehead atoms. The predicted octanol–water partition coefficient (Wildman–Crippen LogP) is 4.00. The summed E-state index contributed by atoms with van der Waals surface area (Å²) >= 11 is 6.07. The van der Waals surface area contributed by atoms with E-state index in [4.69, 9.17) is 16.9 Å². The molecule has 3 aromatic rings. The molecule has 1 aromatic heterocycles. The Morgan fingerprint density at radius 1 is 1.14 bits per heavy atom. The van der Waals surface area contributed by atoms with Crippen LogP contribution in [-0.4, -0.2) is 4.98 Å². The number of hydrogen-bond donors (Lipinski definition) is 1. The number of rotatable bonds is 1. The lowest BCUT2D eigenvalue weighted by molar-refractivity contribution is 0.591. The Bertz CT molecular complexity index is 1010. The van der Waals surface area contributed by atoms with Crippen LogP contribution in [-0.2, 0) is 0 Å². The maximum absolute atomic E-state index is 13.7. The molecular formula is C16H7ClF2N2O. The number of aromatic nitrogens is 1. The summed E-state index contributed by atoms with van der Waals surface area (Å²) in [6.45, 7) is 0. The van der Waals surface area contributed by atoms with Gasteiger partial charge in [-0.05, 0) is 24.3 Å². The van der Waals surface area contributed by atoms with Crippen LogP contribution in [0.5, 0.6) is 0 Å². The van der Waals surface area contributed by atoms with Crippen molar-refractivity contribution in [3.05, 3.63) is 68.8 Å². The number of nitriles is 1. The molecule has 0 saturated carbocycles. The van der Waals surface area contributed by atoms with Gasteiger partial charge >= 0.3 is 0 Å². The summed E-state index contributed by atoms with van der Waals surface area (Å²) in [6, 6.07) is 9.37. The monoisotopic (exact) mass is 316 g/mol. The fourth-order valence-electron chi connectivity index (χ4n) is 2.25. The summed E-state index contributed by atoms with van der Waals surface area (Å²) in [5.41, 5.74) is 0.470. The van der Waals surface area contributed by atoms with E-state index in [1.165, 1.54) is 24.3 Å². The van der Waals surface area contributed by atoms with Crippen LogP contribution in [0.15, 0.2) is 41.2 Å². The van der Waals surface area contributed by atoms with Gasteiger partial charge in [0.25, 0.3) is 0 Å². The van der Waals surface area contributed by atoms with Gasteiger partial charge in [0.15, 0.2) is 5.43 Å². The van der Waals surface area contributed by atoms with Crippen molar-refractivity contribution in [1.82, 2.24) is 4.98 Å². The lowest BCUT2D eigenvalue weighted by Crippen LogP contribution is -2.06. The molecule has 0 aliphatic carbocycles. The first-order chi connectivity index (χ1) is 10.5. The minimum absolute atomic E-state index is 0.0263. The zero-order chi connectivity index (χ0) is 15.9. The van der Waals surface area contributed by atoms with Gasteiger partial charge in [-0.2, -0.15) is 5.26 Å². The van der Waals surface area contributed by atoms with Crippen molar-refractivity contribution in [3.63, 3.8) is 0 Å². The van der Waals surface area contributed by atoms with E-state index >= 15 is 0 Å². The molecule has 0 fully saturated rings. The average molecular weight is 317 g/mol. The van der Waals surface area contributed by atoms with Gasteiger partial charge < -0.3 is 4.98 Å². The second kappa shape index (κ2) is 5.24. The zero-order valence-electron chi connectivity index (χ0n) is 11.0. The third-order valence-electron chi connectivity index (χ3n) is 3.23. The molecule has 2 aromatic carbocycles. The highest BCUT2D eigenvalue weighted by atomic mass is 35.5. The highest BCUT2D eigenvalue weighted by Crippen LogP contribution is 2.28. The molecule has 0 unspecified atom stereocenters. The van der Waals surface area contributed by atoms with Crippen LogP contribution in [0.1, 0.15) is 5.56 Å². The molecule has 3 rings (SSSR count). The summed E-state index contributed by atoms with van der Waals surface area (Å²) < 4.78 is 27.0. The van der Waals surface area contributed by atoms with Gasteiger partial charge in [-0.25, -0.2) is 8.78 Å². The van der Waals surface area contributed by atoms with E-state index in [0.29, 0.717) is 22.2 Å². The number of aromatic amines is 1. The Kier molecular flexibility index (Phi) is 3.39. The number of H-pyrrole nitrogens is 1. The first-order valence-corrected chi connectivity index (χ1v) is 6.59. The first kappa shape index (κ1) is 14.2. The van der Waals surface area contributed by atoms with E-state index in [9.17, 15) is 13.6 Å². The molecule has 108 valence electrons. The molecule has 0 saturated heterocycles. The largest absolute Gasteiger partial charge is 0.354 e. The predicted molar refractivity (Wildman–Crippen MR) is 79.6 cm³/mol. The van der Waals surface area contributed by atoms with Crippen LogP contribution >= 0.6 is 11.6 Å². The zero-order valence-corrected chi connectivity index (χ0v) is 11.7. The highest BCUT2D eigenvalue weighted by Gasteiger charge is 2.12. The topological polar surface area (TPSA) is 56.6 Å². The minimum Gasteiger partial charge on any atom is -0.354 e. The number of nitrogens with zero attached hydrogens (tertiary/aromatic N) is 1. The van der Waals surface area contributed by atoms with Crippen LogP contribution in [0.4, 0.5) is 8.78 Å². The molecule has 0 atom stereocenters. The Morgan fingerprint density at radius 2 is 1.91 bits per heavy atom. The number of benzene rings is 2. The number of pyridine rings is 1. The van der Waals surface area contributed by atoms with E-state index in [0.717, 1.165) is 6.07 Å². The third kappa shape index (κ3) is 2.34. The van der Waals surface area contributed by atoms with Gasteiger partial charge in [0.05, 0.1) is 28.2 Å². The van der Waals surface area contributed by atoms with Crippen molar-refractivity contribution >= 4 is 22.5 Å². The number of halogens is 3. The van der Waals surface area contributed by atoms with Gasteiger partial charge in [0.1, 0.15) is 11.6 Å². The maximum atomic E-state index is 13.7. The third-order valence-corrected chi connectivity index (χ3v) is 3.56. The van der Waals surface area contributed by atoms with Crippen LogP contribution < -0.4 is 5.43 Å². The summed E-state index contributed by atoms with van der Waals surface area (Å²) in [7, 11) is 0. The Labute approximate surface area is 128 Å². The SMILES string of the molecule is N#Cc1ccc(Cl)c(-c2cc(=O)c3c(F)cc(F)cc3[nH]2)c1. The molecule has 0 radical (unpaired) electrons. The number of nitrogens with one attached hydrogen (secondary N) is 1. The van der Waals surface area contributed by atoms with Crippen molar-refractivity contribution in [1.29, 1.82) is 5.26 Å². The molecule has 22 heavy (non-hydrogen) atoms. The smallest absolute Gasteiger partial charge is 0.192 e. The van der Waals surface area contributed by atoms with Crippen molar-refractivity contribution in [2.24, 2.45) is 0 Å². The van der Waals surface area contributed by atoms with E-state index in [1.807, 2.05) is 6.07 Å². The normalized spacial score (nSPS) is 10.6. The standard InChI is InChI=1S/C16H7ClF2N2O/c17-11-2-1-8(7-20)3-10(11)13-6-15(22)16-12(19)4-9(18)5-14(16)21-13/h1-6H,(H,21,22). The molecule has 0 aliphatic heterocycles. The Balaban J connectivity index is 2.34. The second-order valence-electron chi connectivity index (χ2n) is 4.66. The van der Waals surface area contributed by atoms with Crippen LogP contribution in [0.3, 0.4) is 0 Å². The fourth-order valence-corrected chi connectivity index (χ4v) is 2.47. The Hall–Kier alpha value is -2.71. The van der Waals surface area contributed by atoms with Crippen molar-refractivity contribution in [2.75, 3.05) is 0 Å². The summed E-state index contributed by atoms with van der Waals surface area (Å²) in [4.78, 5) is 14.9. The van der Waals surface area contributed by atoms with Crippen LogP contribution in [0, 0.1) is 23.0 Å². The maximum Gasteiger partial charge on any atom is 0.192 e. The Morgan fingerprint density at radius 3 is 2.64 bits per heavy atom. The number of hydrogen-bond acceptors (Lipinski definition) is 2. The molecule has 1 N–H and O–H groups in total. The van der Waals surface area contributed by atoms with Crippen molar-refractivity contribution in [2.45, 2.75) is 0 Å². The van der Waals surface area contributed by atoms with Crippen molar-refractivity contribution in [3.8, 4) is 17.3 Å². The molecule has 0 amide bonds. The van der Waals surface area contributed by atoms with Gasteiger partial charge in [-0.3, -0.25) is 4.79 Å². The summed E-state index contributed by atoms with van der Waals surface area (Å²) in [6.07, 6.45) is 0. The molecule has 3 nitrogen and oxygen atoms in total. The summed E-state index contributed by atoms with van der Waals surface area (Å²) in [5.74, 6) is -1.73. The van der Waals surface area contributed by atoms with E-state index in [-0.39, 0.29) is 16.6 Å². The molecule has 0 aliphatic rings. The van der Waals surface area contributed by atoms with Crippen molar-refractivity contribution < 1.29 is 8.78 Å². The van der Waals surface area contributed by atoms with Gasteiger partial charge in [-0.1, -0.05) is 11.6 Å². The van der Waals surface area contributed by atoms with E-state index < -0.39 is 17.1 Å². The molecule has 1 heterocycles. The minimum atomic E-state index is -0.931. The second-order valence-corrected chi connectivity index (χ2v) is 5.07. The average Bonchev–Trinajstić information content (AvgIpc) is 2.46. The fraction of sp³-hybridized carbons (Fsp3) is 0. The lowest BCUT2D eigenvalue weighted by Gasteiger charge is -2.08. The van der Waals surface area contributed by atoms with Crippen LogP contribution in [0.25, 0.3) is 22.2 Å². The molecule has 6 heteroatoms. The van der Waals surface area contributed by atoms with Crippen LogP contribution in [0.2, 0.25) is 5.02 Å². The lowest BCUT2D eigenvalue weighted by atomic mass is 10.1. The highest BCUT2D eigenvalue weighted by molar-refractivity contribution is 6.33. The first-order valence-electron chi connectivity index (χ1n) is 6.21. The summed E-state index contributed by atoms with van der Waals surface area (Å²) in [5, 5.41) is 9.02. The quantitative estimate of drug-likeness (QED) is 0.737. The number of fused-ring (bicyclic) bond motifs is 1. The van der Waals surface area contributed by atoms with Gasteiger partial charge in [0.2, 0.25) is 0 Å². The molecule has 0 spiro atoms.